The van der Waals surface area contributed by atoms with E-state index in [1.54, 1.807) is 13.0 Å². The van der Waals surface area contributed by atoms with Crippen molar-refractivity contribution in [3.8, 4) is 0 Å². The van der Waals surface area contributed by atoms with E-state index in [1.165, 1.54) is 6.20 Å². The van der Waals surface area contributed by atoms with Gasteiger partial charge in [0.1, 0.15) is 0 Å². The molecule has 0 fully saturated rings. The first kappa shape index (κ1) is 10.8. The largest absolute Gasteiger partial charge is 0.466 e. The Morgan fingerprint density at radius 3 is 3.00 bits per heavy atom. The maximum atomic E-state index is 11.1. The van der Waals surface area contributed by atoms with Gasteiger partial charge in [-0.3, -0.25) is 9.78 Å². The van der Waals surface area contributed by atoms with E-state index < -0.39 is 0 Å². The molecule has 0 aromatic carbocycles. The zero-order valence-electron chi connectivity index (χ0n) is 7.79. The van der Waals surface area contributed by atoms with Crippen LogP contribution in [0.1, 0.15) is 12.6 Å². The van der Waals surface area contributed by atoms with Gasteiger partial charge >= 0.3 is 5.97 Å². The summed E-state index contributed by atoms with van der Waals surface area (Å²) in [6, 6.07) is 1.56. The Morgan fingerprint density at radius 1 is 1.71 bits per heavy atom. The van der Waals surface area contributed by atoms with Crippen LogP contribution in [0.2, 0.25) is 5.02 Å². The molecule has 0 bridgehead atoms. The monoisotopic (exact) mass is 214 g/mol. The summed E-state index contributed by atoms with van der Waals surface area (Å²) in [5.41, 5.74) is 6.43. The molecule has 1 rings (SSSR count). The van der Waals surface area contributed by atoms with E-state index in [0.717, 1.165) is 0 Å². The number of hydrogen-bond donors (Lipinski definition) is 1. The molecule has 0 atom stereocenters. The number of nitrogen functional groups attached to an aromatic ring is 1. The smallest absolute Gasteiger partial charge is 0.311 e. The van der Waals surface area contributed by atoms with E-state index in [4.69, 9.17) is 22.1 Å². The highest BCUT2D eigenvalue weighted by molar-refractivity contribution is 6.33. The normalized spacial score (nSPS) is 9.86. The van der Waals surface area contributed by atoms with Crippen molar-refractivity contribution in [1.82, 2.24) is 4.98 Å². The molecule has 0 spiro atoms. The Bertz CT molecular complexity index is 342. The Kier molecular flexibility index (Phi) is 3.71. The summed E-state index contributed by atoms with van der Waals surface area (Å²) >= 11 is 5.76. The fraction of sp³-hybridized carbons (Fsp3) is 0.333. The number of carbonyl (C=O) groups excluding carboxylic acids is 1. The first-order valence-electron chi connectivity index (χ1n) is 4.19. The molecule has 0 saturated heterocycles. The van der Waals surface area contributed by atoms with E-state index in [1.807, 2.05) is 0 Å². The number of nitrogens with two attached hydrogens (primary N) is 1. The molecular formula is C9H11ClN2O2. The molecule has 0 radical (unpaired) electrons. The van der Waals surface area contributed by atoms with Crippen molar-refractivity contribution in [2.75, 3.05) is 12.3 Å². The summed E-state index contributed by atoms with van der Waals surface area (Å²) in [6.07, 6.45) is 1.55. The average Bonchev–Trinajstić information content (AvgIpc) is 2.12. The number of nitrogens with zero attached hydrogens (tertiary/aromatic N) is 1. The number of carbonyl (C=O) groups is 1. The third kappa shape index (κ3) is 2.88. The standard InChI is InChI=1S/C9H11ClN2O2/c1-2-14-9(13)4-6-3-7(10)8(11)5-12-6/h3,5H,2,4,11H2,1H3. The zero-order chi connectivity index (χ0) is 10.6. The molecular weight excluding hydrogens is 204 g/mol. The molecule has 0 saturated carbocycles. The predicted octanol–water partition coefficient (Wildman–Crippen LogP) is 1.42. The number of hydrogen-bond acceptors (Lipinski definition) is 4. The number of esters is 1. The molecule has 2 N–H and O–H groups in total. The van der Waals surface area contributed by atoms with Crippen LogP contribution in [0.4, 0.5) is 5.69 Å². The van der Waals surface area contributed by atoms with Crippen molar-refractivity contribution in [3.05, 3.63) is 23.0 Å². The van der Waals surface area contributed by atoms with Crippen molar-refractivity contribution < 1.29 is 9.53 Å². The second kappa shape index (κ2) is 4.81. The van der Waals surface area contributed by atoms with Gasteiger partial charge in [0.15, 0.2) is 0 Å². The summed E-state index contributed by atoms with van der Waals surface area (Å²) < 4.78 is 4.76. The van der Waals surface area contributed by atoms with Crippen LogP contribution in [-0.4, -0.2) is 17.6 Å². The molecule has 4 nitrogen and oxygen atoms in total. The Labute approximate surface area is 87.0 Å². The highest BCUT2D eigenvalue weighted by atomic mass is 35.5. The first-order valence-corrected chi connectivity index (χ1v) is 4.56. The van der Waals surface area contributed by atoms with Gasteiger partial charge in [0.25, 0.3) is 0 Å². The zero-order valence-corrected chi connectivity index (χ0v) is 8.54. The molecule has 0 unspecified atom stereocenters. The van der Waals surface area contributed by atoms with E-state index in [2.05, 4.69) is 4.98 Å². The van der Waals surface area contributed by atoms with E-state index in [0.29, 0.717) is 23.0 Å². The molecule has 0 aliphatic rings. The second-order valence-electron chi connectivity index (χ2n) is 2.68. The summed E-state index contributed by atoms with van der Waals surface area (Å²) in [5, 5.41) is 0.402. The van der Waals surface area contributed by atoms with Gasteiger partial charge in [-0.25, -0.2) is 0 Å². The average molecular weight is 215 g/mol. The Hall–Kier alpha value is -1.29. The minimum absolute atomic E-state index is 0.119. The van der Waals surface area contributed by atoms with Crippen LogP contribution in [-0.2, 0) is 16.0 Å². The van der Waals surface area contributed by atoms with Crippen molar-refractivity contribution in [3.63, 3.8) is 0 Å². The third-order valence-electron chi connectivity index (χ3n) is 1.57. The number of ether oxygens (including phenoxy) is 1. The van der Waals surface area contributed by atoms with Gasteiger partial charge in [0.05, 0.1) is 35.6 Å². The summed E-state index contributed by atoms with van der Waals surface area (Å²) in [4.78, 5) is 15.0. The number of anilines is 1. The van der Waals surface area contributed by atoms with Crippen molar-refractivity contribution in [1.29, 1.82) is 0 Å². The van der Waals surface area contributed by atoms with Crippen molar-refractivity contribution >= 4 is 23.3 Å². The Morgan fingerprint density at radius 2 is 2.43 bits per heavy atom. The minimum Gasteiger partial charge on any atom is -0.466 e. The number of halogens is 1. The third-order valence-corrected chi connectivity index (χ3v) is 1.90. The van der Waals surface area contributed by atoms with E-state index in [-0.39, 0.29) is 12.4 Å². The SMILES string of the molecule is CCOC(=O)Cc1cc(Cl)c(N)cn1. The highest BCUT2D eigenvalue weighted by Crippen LogP contribution is 2.17. The topological polar surface area (TPSA) is 65.2 Å². The highest BCUT2D eigenvalue weighted by Gasteiger charge is 2.06. The molecule has 76 valence electrons. The van der Waals surface area contributed by atoms with Gasteiger partial charge in [-0.15, -0.1) is 0 Å². The van der Waals surface area contributed by atoms with Crippen LogP contribution in [0.25, 0.3) is 0 Å². The fourth-order valence-electron chi connectivity index (χ4n) is 0.938. The first-order chi connectivity index (χ1) is 6.63. The summed E-state index contributed by atoms with van der Waals surface area (Å²) in [6.45, 7) is 2.11. The number of pyridine rings is 1. The molecule has 0 amide bonds. The predicted molar refractivity (Wildman–Crippen MR) is 54.0 cm³/mol. The lowest BCUT2D eigenvalue weighted by atomic mass is 10.2. The number of rotatable bonds is 3. The molecule has 1 heterocycles. The van der Waals surface area contributed by atoms with E-state index >= 15 is 0 Å². The van der Waals surface area contributed by atoms with Gasteiger partial charge < -0.3 is 10.5 Å². The molecule has 1 aromatic heterocycles. The maximum Gasteiger partial charge on any atom is 0.311 e. The molecule has 1 aromatic rings. The van der Waals surface area contributed by atoms with Crippen LogP contribution < -0.4 is 5.73 Å². The molecule has 0 aliphatic heterocycles. The van der Waals surface area contributed by atoms with Gasteiger partial charge in [0.2, 0.25) is 0 Å². The summed E-state index contributed by atoms with van der Waals surface area (Å²) in [5.74, 6) is -0.319. The maximum absolute atomic E-state index is 11.1. The lowest BCUT2D eigenvalue weighted by Crippen LogP contribution is -2.08. The van der Waals surface area contributed by atoms with Gasteiger partial charge in [-0.2, -0.15) is 0 Å². The van der Waals surface area contributed by atoms with Crippen LogP contribution in [0, 0.1) is 0 Å². The minimum atomic E-state index is -0.319. The lowest BCUT2D eigenvalue weighted by molar-refractivity contribution is -0.142. The van der Waals surface area contributed by atoms with Crippen LogP contribution in [0.15, 0.2) is 12.3 Å². The van der Waals surface area contributed by atoms with Crippen LogP contribution in [0.5, 0.6) is 0 Å². The lowest BCUT2D eigenvalue weighted by Gasteiger charge is -2.02. The number of aromatic nitrogens is 1. The van der Waals surface area contributed by atoms with Gasteiger partial charge in [-0.1, -0.05) is 11.6 Å². The van der Waals surface area contributed by atoms with Crippen LogP contribution >= 0.6 is 11.6 Å². The molecule has 5 heteroatoms. The Balaban J connectivity index is 2.68. The van der Waals surface area contributed by atoms with Crippen LogP contribution in [0.3, 0.4) is 0 Å². The van der Waals surface area contributed by atoms with E-state index in [9.17, 15) is 4.79 Å². The summed E-state index contributed by atoms with van der Waals surface area (Å²) in [7, 11) is 0. The van der Waals surface area contributed by atoms with Crippen molar-refractivity contribution in [2.45, 2.75) is 13.3 Å². The van der Waals surface area contributed by atoms with Gasteiger partial charge in [-0.05, 0) is 13.0 Å². The second-order valence-corrected chi connectivity index (χ2v) is 3.09. The quantitative estimate of drug-likeness (QED) is 0.773. The molecule has 14 heavy (non-hydrogen) atoms. The fourth-order valence-corrected chi connectivity index (χ4v) is 1.11. The van der Waals surface area contributed by atoms with Gasteiger partial charge in [0, 0.05) is 0 Å². The van der Waals surface area contributed by atoms with Crippen molar-refractivity contribution in [2.24, 2.45) is 0 Å². The molecule has 0 aliphatic carbocycles.